The average Bonchev–Trinajstić information content (AvgIpc) is 2.72. The van der Waals surface area contributed by atoms with Crippen molar-refractivity contribution in [1.82, 2.24) is 10.2 Å². The highest BCUT2D eigenvalue weighted by atomic mass is 32.1. The van der Waals surface area contributed by atoms with Gasteiger partial charge in [0, 0.05) is 6.54 Å². The minimum atomic E-state index is -4.45. The highest BCUT2D eigenvalue weighted by Gasteiger charge is 2.32. The van der Waals surface area contributed by atoms with E-state index in [0.29, 0.717) is 12.4 Å². The van der Waals surface area contributed by atoms with Gasteiger partial charge >= 0.3 is 6.18 Å². The molecule has 2 rings (SSSR count). The lowest BCUT2D eigenvalue weighted by atomic mass is 10.2. The molecule has 3 nitrogen and oxygen atoms in total. The predicted molar refractivity (Wildman–Crippen MR) is 63.4 cm³/mol. The highest BCUT2D eigenvalue weighted by Crippen LogP contribution is 2.27. The topological polar surface area (TPSA) is 37.8 Å². The molecular weight excluding hydrogens is 263 g/mol. The predicted octanol–water partition coefficient (Wildman–Crippen LogP) is 3.48. The number of hydrogen-bond donors (Lipinski definition) is 1. The van der Waals surface area contributed by atoms with Gasteiger partial charge in [-0.3, -0.25) is 0 Å². The quantitative estimate of drug-likeness (QED) is 0.930. The van der Waals surface area contributed by atoms with Gasteiger partial charge in [-0.15, -0.1) is 10.2 Å². The molecule has 2 heterocycles. The van der Waals surface area contributed by atoms with Crippen LogP contribution in [0.25, 0.3) is 0 Å². The van der Waals surface area contributed by atoms with Gasteiger partial charge in [0.05, 0.1) is 0 Å². The number of thiophene rings is 1. The van der Waals surface area contributed by atoms with Gasteiger partial charge < -0.3 is 5.32 Å². The van der Waals surface area contributed by atoms with E-state index in [-0.39, 0.29) is 0 Å². The molecule has 0 aromatic carbocycles. The van der Waals surface area contributed by atoms with Gasteiger partial charge in [-0.1, -0.05) is 0 Å². The van der Waals surface area contributed by atoms with Crippen LogP contribution in [0.3, 0.4) is 0 Å². The van der Waals surface area contributed by atoms with Gasteiger partial charge in [0.2, 0.25) is 0 Å². The van der Waals surface area contributed by atoms with E-state index in [9.17, 15) is 13.2 Å². The lowest BCUT2D eigenvalue weighted by Crippen LogP contribution is -2.10. The molecule has 0 atom stereocenters. The molecule has 0 radical (unpaired) electrons. The molecule has 0 saturated heterocycles. The Hall–Kier alpha value is -1.63. The zero-order valence-electron chi connectivity index (χ0n) is 9.45. The first-order valence-electron chi connectivity index (χ1n) is 5.13. The first kappa shape index (κ1) is 12.8. The monoisotopic (exact) mass is 273 g/mol. The Labute approximate surface area is 106 Å². The Kier molecular flexibility index (Phi) is 3.51. The molecular formula is C11H10F3N3S. The second-order valence-electron chi connectivity index (χ2n) is 3.74. The molecule has 2 aromatic heterocycles. The first-order valence-corrected chi connectivity index (χ1v) is 6.07. The lowest BCUT2D eigenvalue weighted by Gasteiger charge is -2.07. The van der Waals surface area contributed by atoms with Crippen LogP contribution in [0.1, 0.15) is 16.8 Å². The summed E-state index contributed by atoms with van der Waals surface area (Å²) in [5.74, 6) is 0.327. The van der Waals surface area contributed by atoms with Crippen LogP contribution in [0.15, 0.2) is 22.9 Å². The second-order valence-corrected chi connectivity index (χ2v) is 4.48. The summed E-state index contributed by atoms with van der Waals surface area (Å²) in [6, 6.07) is 2.19. The normalized spacial score (nSPS) is 11.6. The van der Waals surface area contributed by atoms with E-state index in [1.807, 2.05) is 17.7 Å². The van der Waals surface area contributed by atoms with Crippen molar-refractivity contribution in [2.75, 3.05) is 5.32 Å². The highest BCUT2D eigenvalue weighted by molar-refractivity contribution is 7.08. The third-order valence-corrected chi connectivity index (χ3v) is 3.29. The zero-order chi connectivity index (χ0) is 13.2. The molecule has 0 spiro atoms. The molecule has 0 fully saturated rings. The van der Waals surface area contributed by atoms with Gasteiger partial charge in [0.1, 0.15) is 5.82 Å². The number of rotatable bonds is 3. The van der Waals surface area contributed by atoms with Gasteiger partial charge in [0.25, 0.3) is 0 Å². The van der Waals surface area contributed by atoms with E-state index in [0.717, 1.165) is 17.2 Å². The van der Waals surface area contributed by atoms with Crippen molar-refractivity contribution in [1.29, 1.82) is 0 Å². The summed E-state index contributed by atoms with van der Waals surface area (Å²) in [6.45, 7) is 2.50. The molecule has 0 amide bonds. The number of anilines is 1. The first-order chi connectivity index (χ1) is 8.47. The number of nitrogens with zero attached hydrogens (tertiary/aromatic N) is 2. The van der Waals surface area contributed by atoms with Crippen molar-refractivity contribution < 1.29 is 13.2 Å². The molecule has 0 aliphatic carbocycles. The van der Waals surface area contributed by atoms with E-state index >= 15 is 0 Å². The van der Waals surface area contributed by atoms with Crippen LogP contribution >= 0.6 is 11.3 Å². The molecule has 0 aliphatic heterocycles. The van der Waals surface area contributed by atoms with E-state index in [1.54, 1.807) is 11.3 Å². The fourth-order valence-electron chi connectivity index (χ4n) is 1.33. The number of hydrogen-bond acceptors (Lipinski definition) is 4. The molecule has 0 aliphatic rings. The zero-order valence-corrected chi connectivity index (χ0v) is 10.3. The van der Waals surface area contributed by atoms with Gasteiger partial charge in [-0.25, -0.2) is 0 Å². The third kappa shape index (κ3) is 2.98. The Morgan fingerprint density at radius 2 is 2.00 bits per heavy atom. The number of nitrogens with one attached hydrogen (secondary N) is 1. The van der Waals surface area contributed by atoms with Crippen LogP contribution in [0, 0.1) is 6.92 Å². The molecule has 0 bridgehead atoms. The van der Waals surface area contributed by atoms with E-state index in [1.165, 1.54) is 6.07 Å². The Morgan fingerprint density at radius 3 is 2.50 bits per heavy atom. The molecule has 1 N–H and O–H groups in total. The van der Waals surface area contributed by atoms with Crippen LogP contribution in [0.2, 0.25) is 0 Å². The summed E-state index contributed by atoms with van der Waals surface area (Å²) in [5.41, 5.74) is 1.26. The molecule has 0 unspecified atom stereocenters. The maximum atomic E-state index is 12.3. The maximum Gasteiger partial charge on any atom is 0.435 e. The van der Waals surface area contributed by atoms with Crippen molar-refractivity contribution in [3.05, 3.63) is 39.7 Å². The van der Waals surface area contributed by atoms with Gasteiger partial charge in [-0.2, -0.15) is 24.5 Å². The Morgan fingerprint density at radius 1 is 1.22 bits per heavy atom. The Balaban J connectivity index is 2.01. The number of halogens is 3. The molecule has 96 valence electrons. The third-order valence-electron chi connectivity index (χ3n) is 2.38. The molecule has 7 heteroatoms. The Bertz CT molecular complexity index is 519. The van der Waals surface area contributed by atoms with Crippen LogP contribution in [0.5, 0.6) is 0 Å². The summed E-state index contributed by atoms with van der Waals surface area (Å²) in [5, 5.41) is 13.6. The SMILES string of the molecule is Cc1cscc1CNc1ccc(C(F)(F)F)nn1. The fraction of sp³-hybridized carbons (Fsp3) is 0.273. The summed E-state index contributed by atoms with van der Waals surface area (Å²) in [6.07, 6.45) is -4.45. The summed E-state index contributed by atoms with van der Waals surface area (Å²) < 4.78 is 36.8. The van der Waals surface area contributed by atoms with E-state index in [4.69, 9.17) is 0 Å². The summed E-state index contributed by atoms with van der Waals surface area (Å²) in [4.78, 5) is 0. The number of aryl methyl sites for hydroxylation is 1. The van der Waals surface area contributed by atoms with Crippen molar-refractivity contribution in [3.8, 4) is 0 Å². The summed E-state index contributed by atoms with van der Waals surface area (Å²) >= 11 is 1.58. The smallest absolute Gasteiger partial charge is 0.364 e. The van der Waals surface area contributed by atoms with E-state index in [2.05, 4.69) is 15.5 Å². The number of aromatic nitrogens is 2. The molecule has 18 heavy (non-hydrogen) atoms. The second kappa shape index (κ2) is 4.93. The van der Waals surface area contributed by atoms with Crippen molar-refractivity contribution in [2.45, 2.75) is 19.6 Å². The average molecular weight is 273 g/mol. The van der Waals surface area contributed by atoms with Crippen molar-refractivity contribution in [3.63, 3.8) is 0 Å². The van der Waals surface area contributed by atoms with Crippen molar-refractivity contribution >= 4 is 17.2 Å². The minimum absolute atomic E-state index is 0.327. The van der Waals surface area contributed by atoms with Crippen LogP contribution < -0.4 is 5.32 Å². The fourth-order valence-corrected chi connectivity index (χ4v) is 2.19. The molecule has 2 aromatic rings. The number of alkyl halides is 3. The van der Waals surface area contributed by atoms with Gasteiger partial charge in [0.15, 0.2) is 5.69 Å². The van der Waals surface area contributed by atoms with Crippen LogP contribution in [0.4, 0.5) is 19.0 Å². The lowest BCUT2D eigenvalue weighted by molar-refractivity contribution is -0.141. The summed E-state index contributed by atoms with van der Waals surface area (Å²) in [7, 11) is 0. The van der Waals surface area contributed by atoms with E-state index < -0.39 is 11.9 Å². The maximum absolute atomic E-state index is 12.3. The molecule has 0 saturated carbocycles. The van der Waals surface area contributed by atoms with Crippen LogP contribution in [-0.2, 0) is 12.7 Å². The van der Waals surface area contributed by atoms with Crippen LogP contribution in [-0.4, -0.2) is 10.2 Å². The standard InChI is InChI=1S/C11H10F3N3S/c1-7-5-18-6-8(7)4-15-10-3-2-9(16-17-10)11(12,13)14/h2-3,5-6H,4H2,1H3,(H,15,17). The minimum Gasteiger partial charge on any atom is -0.364 e. The largest absolute Gasteiger partial charge is 0.435 e. The van der Waals surface area contributed by atoms with Crippen molar-refractivity contribution in [2.24, 2.45) is 0 Å². The van der Waals surface area contributed by atoms with Gasteiger partial charge in [-0.05, 0) is 40.9 Å².